The summed E-state index contributed by atoms with van der Waals surface area (Å²) in [6, 6.07) is 45.8. The van der Waals surface area contributed by atoms with E-state index >= 15 is 0 Å². The van der Waals surface area contributed by atoms with Crippen LogP contribution in [0.1, 0.15) is 72.1 Å². The summed E-state index contributed by atoms with van der Waals surface area (Å²) in [5.74, 6) is 0. The van der Waals surface area contributed by atoms with Gasteiger partial charge in [-0.25, -0.2) is 0 Å². The van der Waals surface area contributed by atoms with Gasteiger partial charge in [0.2, 0.25) is 6.34 Å². The van der Waals surface area contributed by atoms with Crippen LogP contribution in [0.4, 0.5) is 0 Å². The summed E-state index contributed by atoms with van der Waals surface area (Å²) >= 11 is 0. The van der Waals surface area contributed by atoms with Crippen LogP contribution in [0.5, 0.6) is 0 Å². The lowest BCUT2D eigenvalue weighted by Crippen LogP contribution is -2.31. The van der Waals surface area contributed by atoms with Crippen molar-refractivity contribution in [3.05, 3.63) is 144 Å². The number of likely N-dealkylation sites (tertiary alicyclic amines) is 1. The Hall–Kier alpha value is -3.65. The summed E-state index contributed by atoms with van der Waals surface area (Å²) in [4.78, 5) is 2.67. The van der Waals surface area contributed by atoms with Crippen LogP contribution >= 0.6 is 0 Å². The van der Waals surface area contributed by atoms with Crippen molar-refractivity contribution in [2.24, 2.45) is 0 Å². The first-order valence-corrected chi connectivity index (χ1v) is 13.0. The average Bonchev–Trinajstić information content (AvgIpc) is 3.55. The number of hydrogen-bond donors (Lipinski definition) is 0. The molecule has 0 spiro atoms. The maximum Gasteiger partial charge on any atom is 0.236 e. The summed E-state index contributed by atoms with van der Waals surface area (Å²) < 4.78 is 2.67. The second kappa shape index (κ2) is 9.92. The standard InChI is InChI=1S/C33H33N2/c1-5-13-26(14-6-1)30-21-22-31(27-15-7-2-8-16-27)34(30)25-35-32(28-17-9-3-10-18-28)23-24-33(35)29-19-11-4-12-20-29/h1-20,25,30-33H,21-24H2/q+1/t30-,31-,32-,33-/m1/s1. The average molecular weight is 458 g/mol. The van der Waals surface area contributed by atoms with E-state index in [4.69, 9.17) is 0 Å². The predicted octanol–water partition coefficient (Wildman–Crippen LogP) is 7.88. The Morgan fingerprint density at radius 2 is 0.800 bits per heavy atom. The monoisotopic (exact) mass is 457 g/mol. The molecule has 2 aliphatic rings. The first-order valence-electron chi connectivity index (χ1n) is 13.0. The van der Waals surface area contributed by atoms with Crippen LogP contribution in [0.2, 0.25) is 0 Å². The van der Waals surface area contributed by atoms with Crippen molar-refractivity contribution in [2.45, 2.75) is 49.9 Å². The van der Waals surface area contributed by atoms with Crippen molar-refractivity contribution in [1.82, 2.24) is 4.90 Å². The zero-order valence-electron chi connectivity index (χ0n) is 20.2. The molecule has 2 heterocycles. The van der Waals surface area contributed by atoms with Crippen LogP contribution in [0.15, 0.2) is 121 Å². The lowest BCUT2D eigenvalue weighted by molar-refractivity contribution is -0.590. The van der Waals surface area contributed by atoms with Crippen molar-refractivity contribution < 1.29 is 4.58 Å². The third-order valence-corrected chi connectivity index (χ3v) is 7.87. The van der Waals surface area contributed by atoms with Crippen molar-refractivity contribution in [1.29, 1.82) is 0 Å². The number of nitrogens with zero attached hydrogens (tertiary/aromatic N) is 2. The van der Waals surface area contributed by atoms with Crippen molar-refractivity contribution in [3.63, 3.8) is 0 Å². The minimum atomic E-state index is 0.384. The summed E-state index contributed by atoms with van der Waals surface area (Å²) in [6.07, 6.45) is 7.17. The van der Waals surface area contributed by atoms with Gasteiger partial charge < -0.3 is 0 Å². The lowest BCUT2D eigenvalue weighted by Gasteiger charge is -2.26. The van der Waals surface area contributed by atoms with Gasteiger partial charge in [0.15, 0.2) is 0 Å². The Labute approximate surface area is 209 Å². The summed E-state index contributed by atoms with van der Waals surface area (Å²) in [5, 5.41) is 0. The zero-order chi connectivity index (χ0) is 23.5. The molecule has 0 radical (unpaired) electrons. The Kier molecular flexibility index (Phi) is 6.19. The van der Waals surface area contributed by atoms with Crippen molar-refractivity contribution in [3.8, 4) is 0 Å². The van der Waals surface area contributed by atoms with Gasteiger partial charge in [-0.2, -0.15) is 0 Å². The van der Waals surface area contributed by atoms with Gasteiger partial charge in [-0.05, 0) is 47.9 Å². The highest BCUT2D eigenvalue weighted by molar-refractivity contribution is 5.54. The van der Waals surface area contributed by atoms with E-state index in [1.165, 1.54) is 47.9 Å². The van der Waals surface area contributed by atoms with Gasteiger partial charge in [0.25, 0.3) is 0 Å². The second-order valence-electron chi connectivity index (χ2n) is 9.87. The molecule has 0 unspecified atom stereocenters. The van der Waals surface area contributed by atoms with E-state index in [9.17, 15) is 0 Å². The van der Waals surface area contributed by atoms with E-state index in [2.05, 4.69) is 137 Å². The van der Waals surface area contributed by atoms with Crippen LogP contribution in [-0.4, -0.2) is 15.8 Å². The van der Waals surface area contributed by atoms with E-state index in [0.717, 1.165) is 0 Å². The highest BCUT2D eigenvalue weighted by Crippen LogP contribution is 2.45. The molecule has 0 aliphatic carbocycles. The molecular formula is C33H33N2+. The molecular weight excluding hydrogens is 424 g/mol. The van der Waals surface area contributed by atoms with E-state index in [1.807, 2.05) is 0 Å². The maximum absolute atomic E-state index is 2.67. The normalized spacial score (nSPS) is 24.0. The first-order chi connectivity index (χ1) is 17.4. The van der Waals surface area contributed by atoms with Gasteiger partial charge in [0.1, 0.15) is 24.2 Å². The Balaban J connectivity index is 1.47. The van der Waals surface area contributed by atoms with E-state index < -0.39 is 0 Å². The van der Waals surface area contributed by atoms with Crippen LogP contribution in [0.25, 0.3) is 0 Å². The van der Waals surface area contributed by atoms with Gasteiger partial charge in [-0.3, -0.25) is 9.48 Å². The van der Waals surface area contributed by atoms with Crippen LogP contribution in [-0.2, 0) is 0 Å². The molecule has 2 heteroatoms. The van der Waals surface area contributed by atoms with Gasteiger partial charge in [0, 0.05) is 0 Å². The number of rotatable bonds is 5. The molecule has 6 rings (SSSR count). The third-order valence-electron chi connectivity index (χ3n) is 7.87. The first kappa shape index (κ1) is 21.9. The fourth-order valence-corrected chi connectivity index (χ4v) is 6.19. The largest absolute Gasteiger partial charge is 0.255 e. The smallest absolute Gasteiger partial charge is 0.236 e. The molecule has 0 N–H and O–H groups in total. The minimum absolute atomic E-state index is 0.384. The third kappa shape index (κ3) is 4.41. The number of hydrogen-bond acceptors (Lipinski definition) is 0. The van der Waals surface area contributed by atoms with Gasteiger partial charge >= 0.3 is 0 Å². The highest BCUT2D eigenvalue weighted by atomic mass is 15.3. The second-order valence-corrected chi connectivity index (χ2v) is 9.87. The van der Waals surface area contributed by atoms with Gasteiger partial charge in [-0.1, -0.05) is 121 Å². The van der Waals surface area contributed by atoms with E-state index in [1.54, 1.807) is 0 Å². The van der Waals surface area contributed by atoms with E-state index in [0.29, 0.717) is 24.2 Å². The molecule has 2 fully saturated rings. The summed E-state index contributed by atoms with van der Waals surface area (Å²) in [5.41, 5.74) is 5.64. The minimum Gasteiger partial charge on any atom is -0.255 e. The molecule has 0 saturated carbocycles. The molecule has 0 bridgehead atoms. The molecule has 2 aliphatic heterocycles. The molecule has 0 amide bonds. The van der Waals surface area contributed by atoms with E-state index in [-0.39, 0.29) is 0 Å². The molecule has 35 heavy (non-hydrogen) atoms. The van der Waals surface area contributed by atoms with Crippen molar-refractivity contribution >= 4 is 6.34 Å². The molecule has 4 aromatic rings. The highest BCUT2D eigenvalue weighted by Gasteiger charge is 2.42. The quantitative estimate of drug-likeness (QED) is 0.218. The van der Waals surface area contributed by atoms with Gasteiger partial charge in [0.05, 0.1) is 0 Å². The number of benzene rings is 4. The zero-order valence-corrected chi connectivity index (χ0v) is 20.2. The Morgan fingerprint density at radius 3 is 1.17 bits per heavy atom. The summed E-state index contributed by atoms with van der Waals surface area (Å²) in [6.45, 7) is 0. The lowest BCUT2D eigenvalue weighted by atomic mass is 10.0. The predicted molar refractivity (Wildman–Crippen MR) is 143 cm³/mol. The molecule has 174 valence electrons. The summed E-state index contributed by atoms with van der Waals surface area (Å²) in [7, 11) is 0. The maximum atomic E-state index is 2.67. The Bertz CT molecular complexity index is 1150. The Morgan fingerprint density at radius 1 is 0.457 bits per heavy atom. The van der Waals surface area contributed by atoms with Crippen LogP contribution in [0.3, 0.4) is 0 Å². The molecule has 4 aromatic carbocycles. The molecule has 0 aromatic heterocycles. The molecule has 2 nitrogen and oxygen atoms in total. The van der Waals surface area contributed by atoms with Crippen LogP contribution < -0.4 is 0 Å². The fourth-order valence-electron chi connectivity index (χ4n) is 6.19. The fraction of sp³-hybridized carbons (Fsp3) is 0.242. The molecule has 4 atom stereocenters. The SMILES string of the molecule is C(N1[C@@H](c2ccccc2)CC[C@@H]1c1ccccc1)=[N+]1[C@@H](c2ccccc2)CC[C@@H]1c1ccccc1. The molecule has 2 saturated heterocycles. The van der Waals surface area contributed by atoms with Crippen LogP contribution in [0, 0.1) is 0 Å². The topological polar surface area (TPSA) is 6.25 Å². The van der Waals surface area contributed by atoms with Gasteiger partial charge in [-0.15, -0.1) is 0 Å². The van der Waals surface area contributed by atoms with Crippen molar-refractivity contribution in [2.75, 3.05) is 0 Å².